The van der Waals surface area contributed by atoms with Crippen LogP contribution >= 0.6 is 0 Å². The van der Waals surface area contributed by atoms with Crippen LogP contribution in [-0.2, 0) is 9.59 Å². The van der Waals surface area contributed by atoms with Gasteiger partial charge in [0.2, 0.25) is 0 Å². The SMILES string of the molecule is CCCOc1cccc(N2C(=O)C(=O)/C(=C(\O)c3cccc([N+](=O)[O-])c3)C2c2ccccc2)c1. The van der Waals surface area contributed by atoms with Gasteiger partial charge in [0.1, 0.15) is 11.5 Å². The van der Waals surface area contributed by atoms with E-state index in [1.54, 1.807) is 54.6 Å². The lowest BCUT2D eigenvalue weighted by molar-refractivity contribution is -0.384. The molecule has 0 radical (unpaired) electrons. The number of aliphatic hydroxyl groups excluding tert-OH is 1. The molecule has 1 unspecified atom stereocenters. The van der Waals surface area contributed by atoms with Crippen molar-refractivity contribution < 1.29 is 24.4 Å². The van der Waals surface area contributed by atoms with E-state index in [0.29, 0.717) is 23.6 Å². The van der Waals surface area contributed by atoms with E-state index in [-0.39, 0.29) is 16.8 Å². The summed E-state index contributed by atoms with van der Waals surface area (Å²) in [6.45, 7) is 2.48. The molecule has 1 fully saturated rings. The Morgan fingerprint density at radius 1 is 1.03 bits per heavy atom. The molecule has 1 aliphatic heterocycles. The average Bonchev–Trinajstić information content (AvgIpc) is 3.13. The second-order valence-corrected chi connectivity index (χ2v) is 7.73. The molecule has 1 N–H and O–H groups in total. The Labute approximate surface area is 195 Å². The van der Waals surface area contributed by atoms with Gasteiger partial charge in [-0.15, -0.1) is 0 Å². The van der Waals surface area contributed by atoms with Crippen LogP contribution in [0.1, 0.15) is 30.5 Å². The van der Waals surface area contributed by atoms with Crippen molar-refractivity contribution in [2.45, 2.75) is 19.4 Å². The number of carbonyl (C=O) groups is 2. The molecule has 8 nitrogen and oxygen atoms in total. The van der Waals surface area contributed by atoms with Crippen LogP contribution < -0.4 is 9.64 Å². The first-order valence-corrected chi connectivity index (χ1v) is 10.8. The van der Waals surface area contributed by atoms with Gasteiger partial charge in [-0.1, -0.05) is 55.5 Å². The van der Waals surface area contributed by atoms with Crippen molar-refractivity contribution in [1.82, 2.24) is 0 Å². The highest BCUT2D eigenvalue weighted by Gasteiger charge is 2.47. The number of ketones is 1. The van der Waals surface area contributed by atoms with Gasteiger partial charge in [0.05, 0.1) is 23.1 Å². The van der Waals surface area contributed by atoms with E-state index < -0.39 is 28.4 Å². The fourth-order valence-electron chi connectivity index (χ4n) is 3.91. The highest BCUT2D eigenvalue weighted by Crippen LogP contribution is 2.42. The van der Waals surface area contributed by atoms with Crippen LogP contribution in [0.25, 0.3) is 5.76 Å². The summed E-state index contributed by atoms with van der Waals surface area (Å²) in [4.78, 5) is 38.3. The number of nitro benzene ring substituents is 1. The second-order valence-electron chi connectivity index (χ2n) is 7.73. The Balaban J connectivity index is 1.89. The number of non-ortho nitro benzene ring substituents is 1. The monoisotopic (exact) mass is 458 g/mol. The van der Waals surface area contributed by atoms with Crippen LogP contribution in [0, 0.1) is 10.1 Å². The first-order chi connectivity index (χ1) is 16.4. The molecule has 0 saturated carbocycles. The molecule has 3 aromatic carbocycles. The minimum Gasteiger partial charge on any atom is -0.507 e. The molecule has 8 heteroatoms. The second kappa shape index (κ2) is 9.58. The van der Waals surface area contributed by atoms with Crippen molar-refractivity contribution in [2.24, 2.45) is 0 Å². The maximum Gasteiger partial charge on any atom is 0.300 e. The number of amides is 1. The molecule has 172 valence electrons. The summed E-state index contributed by atoms with van der Waals surface area (Å²) in [6, 6.07) is 20.1. The lowest BCUT2D eigenvalue weighted by atomic mass is 9.95. The Kier molecular flexibility index (Phi) is 6.40. The van der Waals surface area contributed by atoms with Crippen LogP contribution in [0.3, 0.4) is 0 Å². The van der Waals surface area contributed by atoms with Crippen LogP contribution in [0.2, 0.25) is 0 Å². The molecule has 3 aromatic rings. The summed E-state index contributed by atoms with van der Waals surface area (Å²) in [7, 11) is 0. The molecular formula is C26H22N2O6. The zero-order valence-electron chi connectivity index (χ0n) is 18.4. The highest BCUT2D eigenvalue weighted by molar-refractivity contribution is 6.51. The summed E-state index contributed by atoms with van der Waals surface area (Å²) in [5, 5.41) is 22.3. The molecule has 0 aromatic heterocycles. The lowest BCUT2D eigenvalue weighted by Crippen LogP contribution is -2.29. The van der Waals surface area contributed by atoms with Crippen molar-refractivity contribution in [1.29, 1.82) is 0 Å². The van der Waals surface area contributed by atoms with Crippen molar-refractivity contribution in [3.63, 3.8) is 0 Å². The number of carbonyl (C=O) groups excluding carboxylic acids is 2. The highest BCUT2D eigenvalue weighted by atomic mass is 16.6. The number of nitro groups is 1. The van der Waals surface area contributed by atoms with Gasteiger partial charge in [-0.05, 0) is 24.1 Å². The molecule has 1 saturated heterocycles. The molecule has 1 atom stereocenters. The largest absolute Gasteiger partial charge is 0.507 e. The third kappa shape index (κ3) is 4.25. The number of hydrogen-bond donors (Lipinski definition) is 1. The number of aliphatic hydroxyl groups is 1. The molecule has 34 heavy (non-hydrogen) atoms. The predicted molar refractivity (Wildman–Crippen MR) is 127 cm³/mol. The number of ether oxygens (including phenoxy) is 1. The number of hydrogen-bond acceptors (Lipinski definition) is 6. The molecular weight excluding hydrogens is 436 g/mol. The van der Waals surface area contributed by atoms with Crippen molar-refractivity contribution >= 4 is 28.8 Å². The van der Waals surface area contributed by atoms with Crippen molar-refractivity contribution in [3.05, 3.63) is 106 Å². The molecule has 4 rings (SSSR count). The molecule has 1 aliphatic rings. The van der Waals surface area contributed by atoms with Crippen LogP contribution in [0.15, 0.2) is 84.4 Å². The first kappa shape index (κ1) is 22.7. The van der Waals surface area contributed by atoms with E-state index in [0.717, 1.165) is 6.42 Å². The van der Waals surface area contributed by atoms with E-state index >= 15 is 0 Å². The first-order valence-electron chi connectivity index (χ1n) is 10.8. The van der Waals surface area contributed by atoms with Gasteiger partial charge in [0.15, 0.2) is 0 Å². The van der Waals surface area contributed by atoms with Crippen molar-refractivity contribution in [3.8, 4) is 5.75 Å². The van der Waals surface area contributed by atoms with E-state index in [1.165, 1.54) is 29.2 Å². The van der Waals surface area contributed by atoms with E-state index in [4.69, 9.17) is 4.74 Å². The van der Waals surface area contributed by atoms with Gasteiger partial charge in [0, 0.05) is 29.4 Å². The van der Waals surface area contributed by atoms with Gasteiger partial charge in [0.25, 0.3) is 17.4 Å². The number of nitrogens with zero attached hydrogens (tertiary/aromatic N) is 2. The minimum atomic E-state index is -0.929. The molecule has 0 spiro atoms. The van der Waals surface area contributed by atoms with Crippen LogP contribution in [0.4, 0.5) is 11.4 Å². The average molecular weight is 458 g/mol. The third-order valence-electron chi connectivity index (χ3n) is 5.46. The normalized spacial score (nSPS) is 17.1. The Morgan fingerprint density at radius 3 is 2.47 bits per heavy atom. The van der Waals surface area contributed by atoms with Crippen LogP contribution in [0.5, 0.6) is 5.75 Å². The van der Waals surface area contributed by atoms with E-state index in [2.05, 4.69) is 0 Å². The Hall–Kier alpha value is -4.46. The van der Waals surface area contributed by atoms with Gasteiger partial charge in [-0.25, -0.2) is 0 Å². The maximum absolute atomic E-state index is 13.2. The van der Waals surface area contributed by atoms with Crippen molar-refractivity contribution in [2.75, 3.05) is 11.5 Å². The van der Waals surface area contributed by atoms with Gasteiger partial charge < -0.3 is 9.84 Å². The maximum atomic E-state index is 13.2. The zero-order chi connectivity index (χ0) is 24.2. The Bertz CT molecular complexity index is 1290. The fourth-order valence-corrected chi connectivity index (χ4v) is 3.91. The summed E-state index contributed by atoms with van der Waals surface area (Å²) >= 11 is 0. The number of benzene rings is 3. The molecule has 0 aliphatic carbocycles. The van der Waals surface area contributed by atoms with Gasteiger partial charge >= 0.3 is 0 Å². The van der Waals surface area contributed by atoms with Crippen LogP contribution in [-0.4, -0.2) is 28.3 Å². The number of rotatable bonds is 7. The predicted octanol–water partition coefficient (Wildman–Crippen LogP) is 5.01. The minimum absolute atomic E-state index is 0.0770. The summed E-state index contributed by atoms with van der Waals surface area (Å²) < 4.78 is 5.69. The smallest absolute Gasteiger partial charge is 0.300 e. The summed E-state index contributed by atoms with van der Waals surface area (Å²) in [5.41, 5.74) is 0.733. The quantitative estimate of drug-likeness (QED) is 0.175. The fraction of sp³-hybridized carbons (Fsp3) is 0.154. The number of Topliss-reactive ketones (excluding diaryl/α,β-unsaturated/α-hetero) is 1. The zero-order valence-corrected chi connectivity index (χ0v) is 18.4. The topological polar surface area (TPSA) is 110 Å². The van der Waals surface area contributed by atoms with E-state index in [9.17, 15) is 24.8 Å². The summed E-state index contributed by atoms with van der Waals surface area (Å²) in [6.07, 6.45) is 0.808. The molecule has 1 heterocycles. The van der Waals surface area contributed by atoms with Gasteiger partial charge in [-0.2, -0.15) is 0 Å². The number of anilines is 1. The lowest BCUT2D eigenvalue weighted by Gasteiger charge is -2.25. The molecule has 0 bridgehead atoms. The van der Waals surface area contributed by atoms with Gasteiger partial charge in [-0.3, -0.25) is 24.6 Å². The summed E-state index contributed by atoms with van der Waals surface area (Å²) in [5.74, 6) is -1.62. The Morgan fingerprint density at radius 2 is 1.76 bits per heavy atom. The standard InChI is InChI=1S/C26H22N2O6/c1-2-14-34-21-13-7-11-19(16-21)27-23(17-8-4-3-5-9-17)22(25(30)26(27)31)24(29)18-10-6-12-20(15-18)28(32)33/h3-13,15-16,23,29H,2,14H2,1H3/b24-22-. The molecule has 1 amide bonds. The third-order valence-corrected chi connectivity index (χ3v) is 5.46. The van der Waals surface area contributed by atoms with E-state index in [1.807, 2.05) is 6.92 Å².